The van der Waals surface area contributed by atoms with E-state index in [1.54, 1.807) is 37.4 Å². The normalized spacial score (nSPS) is 11.4. The van der Waals surface area contributed by atoms with Gasteiger partial charge in [-0.15, -0.1) is 11.3 Å². The standard InChI is InChI=1S/C17H20N2O5S2/c1-11-5-6-13(9-14(11)26(22,23)19(3)4)18-15(20)10-24-17(21)16-12(2)7-8-25-16/h5-9H,10H2,1-4H3,(H,18,20). The number of nitrogens with one attached hydrogen (secondary N) is 1. The van der Waals surface area contributed by atoms with Gasteiger partial charge < -0.3 is 10.1 Å². The molecule has 0 bridgehead atoms. The molecule has 1 aromatic carbocycles. The smallest absolute Gasteiger partial charge is 0.349 e. The van der Waals surface area contributed by atoms with Crippen molar-refractivity contribution >= 4 is 38.9 Å². The van der Waals surface area contributed by atoms with Crippen LogP contribution in [0.25, 0.3) is 0 Å². The lowest BCUT2D eigenvalue weighted by Crippen LogP contribution is -2.24. The van der Waals surface area contributed by atoms with E-state index in [-0.39, 0.29) is 4.90 Å². The summed E-state index contributed by atoms with van der Waals surface area (Å²) in [4.78, 5) is 24.5. The minimum atomic E-state index is -3.63. The van der Waals surface area contributed by atoms with Crippen molar-refractivity contribution in [1.82, 2.24) is 4.31 Å². The Labute approximate surface area is 156 Å². The fourth-order valence-electron chi connectivity index (χ4n) is 2.13. The third kappa shape index (κ3) is 4.48. The number of anilines is 1. The number of amides is 1. The Morgan fingerprint density at radius 1 is 1.15 bits per heavy atom. The lowest BCUT2D eigenvalue weighted by Gasteiger charge is -2.15. The molecule has 0 saturated heterocycles. The van der Waals surface area contributed by atoms with Crippen LogP contribution in [0.3, 0.4) is 0 Å². The molecule has 140 valence electrons. The first kappa shape index (κ1) is 20.1. The maximum absolute atomic E-state index is 12.3. The molecule has 1 amide bonds. The lowest BCUT2D eigenvalue weighted by atomic mass is 10.2. The molecule has 0 radical (unpaired) electrons. The number of esters is 1. The fraction of sp³-hybridized carbons (Fsp3) is 0.294. The number of thiophene rings is 1. The molecular formula is C17H20N2O5S2. The van der Waals surface area contributed by atoms with Crippen LogP contribution < -0.4 is 5.32 Å². The van der Waals surface area contributed by atoms with Crippen LogP contribution >= 0.6 is 11.3 Å². The van der Waals surface area contributed by atoms with Crippen molar-refractivity contribution in [3.8, 4) is 0 Å². The zero-order valence-electron chi connectivity index (χ0n) is 14.9. The van der Waals surface area contributed by atoms with Gasteiger partial charge in [-0.05, 0) is 48.6 Å². The molecule has 1 N–H and O–H groups in total. The van der Waals surface area contributed by atoms with Crippen LogP contribution in [-0.2, 0) is 19.6 Å². The molecule has 2 aromatic rings. The summed E-state index contributed by atoms with van der Waals surface area (Å²) >= 11 is 1.24. The monoisotopic (exact) mass is 396 g/mol. The van der Waals surface area contributed by atoms with Crippen LogP contribution in [0.1, 0.15) is 20.8 Å². The largest absolute Gasteiger partial charge is 0.451 e. The third-order valence-electron chi connectivity index (χ3n) is 3.61. The van der Waals surface area contributed by atoms with Gasteiger partial charge in [-0.25, -0.2) is 17.5 Å². The van der Waals surface area contributed by atoms with Gasteiger partial charge in [0.25, 0.3) is 5.91 Å². The number of carbonyl (C=O) groups excluding carboxylic acids is 2. The van der Waals surface area contributed by atoms with Crippen LogP contribution in [0.2, 0.25) is 0 Å². The van der Waals surface area contributed by atoms with Crippen molar-refractivity contribution in [1.29, 1.82) is 0 Å². The molecule has 0 aliphatic rings. The van der Waals surface area contributed by atoms with Gasteiger partial charge in [0, 0.05) is 19.8 Å². The molecule has 1 heterocycles. The molecule has 0 aliphatic heterocycles. The predicted molar refractivity (Wildman–Crippen MR) is 100 cm³/mol. The van der Waals surface area contributed by atoms with Gasteiger partial charge in [-0.1, -0.05) is 6.07 Å². The Morgan fingerprint density at radius 3 is 2.42 bits per heavy atom. The van der Waals surface area contributed by atoms with Gasteiger partial charge in [-0.2, -0.15) is 0 Å². The highest BCUT2D eigenvalue weighted by molar-refractivity contribution is 7.89. The van der Waals surface area contributed by atoms with Crippen molar-refractivity contribution in [2.45, 2.75) is 18.7 Å². The van der Waals surface area contributed by atoms with Crippen molar-refractivity contribution in [2.75, 3.05) is 26.0 Å². The number of hydrogen-bond acceptors (Lipinski definition) is 6. The summed E-state index contributed by atoms with van der Waals surface area (Å²) in [6.45, 7) is 3.00. The molecule has 1 aromatic heterocycles. The summed E-state index contributed by atoms with van der Waals surface area (Å²) in [7, 11) is -0.755. The number of hydrogen-bond donors (Lipinski definition) is 1. The summed E-state index contributed by atoms with van der Waals surface area (Å²) < 4.78 is 30.7. The van der Waals surface area contributed by atoms with Crippen molar-refractivity contribution in [3.63, 3.8) is 0 Å². The maximum atomic E-state index is 12.3. The van der Waals surface area contributed by atoms with Crippen LogP contribution in [0.4, 0.5) is 5.69 Å². The number of carbonyl (C=O) groups is 2. The number of benzene rings is 1. The number of sulfonamides is 1. The summed E-state index contributed by atoms with van der Waals surface area (Å²) in [6.07, 6.45) is 0. The van der Waals surface area contributed by atoms with E-state index >= 15 is 0 Å². The van der Waals surface area contributed by atoms with Gasteiger partial charge in [0.1, 0.15) is 4.88 Å². The number of ether oxygens (including phenoxy) is 1. The molecule has 26 heavy (non-hydrogen) atoms. The predicted octanol–water partition coefficient (Wildman–Crippen LogP) is 2.41. The Hall–Kier alpha value is -2.23. The van der Waals surface area contributed by atoms with E-state index < -0.39 is 28.5 Å². The molecule has 2 rings (SSSR count). The van der Waals surface area contributed by atoms with Gasteiger partial charge >= 0.3 is 5.97 Å². The summed E-state index contributed by atoms with van der Waals surface area (Å²) in [5.41, 5.74) is 1.66. The quantitative estimate of drug-likeness (QED) is 0.757. The molecule has 0 atom stereocenters. The van der Waals surface area contributed by atoms with E-state index in [1.165, 1.54) is 31.5 Å². The minimum absolute atomic E-state index is 0.103. The van der Waals surface area contributed by atoms with Crippen LogP contribution in [0.15, 0.2) is 34.5 Å². The average molecular weight is 396 g/mol. The van der Waals surface area contributed by atoms with E-state index in [9.17, 15) is 18.0 Å². The lowest BCUT2D eigenvalue weighted by molar-refractivity contribution is -0.119. The molecular weight excluding hydrogens is 376 g/mol. The number of rotatable bonds is 6. The highest BCUT2D eigenvalue weighted by Crippen LogP contribution is 2.22. The van der Waals surface area contributed by atoms with E-state index in [4.69, 9.17) is 4.74 Å². The van der Waals surface area contributed by atoms with E-state index in [2.05, 4.69) is 5.32 Å². The zero-order chi connectivity index (χ0) is 19.5. The molecule has 0 aliphatic carbocycles. The Kier molecular flexibility index (Phi) is 6.17. The number of aryl methyl sites for hydroxylation is 2. The minimum Gasteiger partial charge on any atom is -0.451 e. The Bertz CT molecular complexity index is 932. The van der Waals surface area contributed by atoms with E-state index in [0.717, 1.165) is 9.87 Å². The first-order chi connectivity index (χ1) is 12.1. The summed E-state index contributed by atoms with van der Waals surface area (Å²) in [6, 6.07) is 6.37. The van der Waals surface area contributed by atoms with Crippen molar-refractivity contribution in [2.24, 2.45) is 0 Å². The zero-order valence-corrected chi connectivity index (χ0v) is 16.5. The molecule has 0 fully saturated rings. The second-order valence-corrected chi connectivity index (χ2v) is 8.86. The topological polar surface area (TPSA) is 92.8 Å². The Morgan fingerprint density at radius 2 is 1.85 bits per heavy atom. The highest BCUT2D eigenvalue weighted by Gasteiger charge is 2.20. The molecule has 0 saturated carbocycles. The van der Waals surface area contributed by atoms with Crippen LogP contribution in [0.5, 0.6) is 0 Å². The van der Waals surface area contributed by atoms with Crippen molar-refractivity contribution in [3.05, 3.63) is 45.6 Å². The summed E-state index contributed by atoms with van der Waals surface area (Å²) in [5.74, 6) is -1.11. The van der Waals surface area contributed by atoms with Gasteiger partial charge in [0.05, 0.1) is 4.90 Å². The van der Waals surface area contributed by atoms with Crippen LogP contribution in [-0.4, -0.2) is 45.3 Å². The first-order valence-electron chi connectivity index (χ1n) is 7.67. The number of nitrogens with zero attached hydrogens (tertiary/aromatic N) is 1. The second kappa shape index (κ2) is 7.98. The highest BCUT2D eigenvalue weighted by atomic mass is 32.2. The van der Waals surface area contributed by atoms with Gasteiger partial charge in [0.2, 0.25) is 10.0 Å². The van der Waals surface area contributed by atoms with Gasteiger partial charge in [-0.3, -0.25) is 4.79 Å². The average Bonchev–Trinajstić information content (AvgIpc) is 3.00. The Balaban J connectivity index is 2.06. The molecule has 9 heteroatoms. The van der Waals surface area contributed by atoms with E-state index in [1.807, 2.05) is 0 Å². The molecule has 7 nitrogen and oxygen atoms in total. The SMILES string of the molecule is Cc1ccc(NC(=O)COC(=O)c2sccc2C)cc1S(=O)(=O)N(C)C. The van der Waals surface area contributed by atoms with E-state index in [0.29, 0.717) is 16.1 Å². The van der Waals surface area contributed by atoms with Gasteiger partial charge in [0.15, 0.2) is 6.61 Å². The summed E-state index contributed by atoms with van der Waals surface area (Å²) in [5, 5.41) is 4.31. The van der Waals surface area contributed by atoms with Crippen LogP contribution in [0, 0.1) is 13.8 Å². The second-order valence-electron chi connectivity index (χ2n) is 5.82. The first-order valence-corrected chi connectivity index (χ1v) is 9.99. The molecule has 0 unspecified atom stereocenters. The fourth-order valence-corrected chi connectivity index (χ4v) is 4.09. The van der Waals surface area contributed by atoms with Crippen molar-refractivity contribution < 1.29 is 22.7 Å². The third-order valence-corrected chi connectivity index (χ3v) is 6.57. The maximum Gasteiger partial charge on any atom is 0.349 e. The molecule has 0 spiro atoms.